The fourth-order valence-corrected chi connectivity index (χ4v) is 3.38. The summed E-state index contributed by atoms with van der Waals surface area (Å²) < 4.78 is 26.9. The molecule has 102 valence electrons. The Morgan fingerprint density at radius 3 is 2.47 bits per heavy atom. The van der Waals surface area contributed by atoms with Crippen LogP contribution in [-0.2, 0) is 16.4 Å². The lowest BCUT2D eigenvalue weighted by Gasteiger charge is -2.06. The van der Waals surface area contributed by atoms with Crippen LogP contribution in [0.25, 0.3) is 0 Å². The highest BCUT2D eigenvalue weighted by molar-refractivity contribution is 7.89. The second-order valence-corrected chi connectivity index (χ2v) is 6.10. The van der Waals surface area contributed by atoms with E-state index in [2.05, 4.69) is 14.9 Å². The molecule has 0 fully saturated rings. The maximum absolute atomic E-state index is 12.2. The SMILES string of the molecule is Cc1n[nH]c(C)c1S(=O)(=O)NCCc1ccccc1. The number of aryl methyl sites for hydroxylation is 2. The smallest absolute Gasteiger partial charge is 0.244 e. The first-order valence-electron chi connectivity index (χ1n) is 6.06. The second kappa shape index (κ2) is 5.54. The van der Waals surface area contributed by atoms with Crippen LogP contribution in [0.4, 0.5) is 0 Å². The molecule has 0 amide bonds. The van der Waals surface area contributed by atoms with Gasteiger partial charge in [-0.05, 0) is 25.8 Å². The summed E-state index contributed by atoms with van der Waals surface area (Å²) in [4.78, 5) is 0.251. The van der Waals surface area contributed by atoms with Crippen LogP contribution in [0.15, 0.2) is 35.2 Å². The minimum Gasteiger partial charge on any atom is -0.281 e. The van der Waals surface area contributed by atoms with Gasteiger partial charge in [0.25, 0.3) is 0 Å². The van der Waals surface area contributed by atoms with Crippen molar-refractivity contribution in [2.45, 2.75) is 25.2 Å². The Morgan fingerprint density at radius 2 is 1.89 bits per heavy atom. The fraction of sp³-hybridized carbons (Fsp3) is 0.308. The molecule has 2 rings (SSSR count). The summed E-state index contributed by atoms with van der Waals surface area (Å²) in [5.74, 6) is 0. The molecule has 2 aromatic rings. The van der Waals surface area contributed by atoms with Crippen molar-refractivity contribution in [2.24, 2.45) is 0 Å². The van der Waals surface area contributed by atoms with E-state index in [1.165, 1.54) is 0 Å². The third-order valence-corrected chi connectivity index (χ3v) is 4.60. The fourth-order valence-electron chi connectivity index (χ4n) is 1.98. The first kappa shape index (κ1) is 13.8. The van der Waals surface area contributed by atoms with Crippen molar-refractivity contribution in [3.63, 3.8) is 0 Å². The Hall–Kier alpha value is -1.66. The Morgan fingerprint density at radius 1 is 1.21 bits per heavy atom. The zero-order valence-corrected chi connectivity index (χ0v) is 11.8. The van der Waals surface area contributed by atoms with E-state index in [0.29, 0.717) is 24.4 Å². The molecular formula is C13H17N3O2S. The third-order valence-electron chi connectivity index (χ3n) is 2.88. The molecule has 6 heteroatoms. The zero-order chi connectivity index (χ0) is 13.9. The molecule has 0 aliphatic carbocycles. The molecule has 0 aliphatic rings. The van der Waals surface area contributed by atoms with Gasteiger partial charge in [-0.3, -0.25) is 5.10 Å². The lowest BCUT2D eigenvalue weighted by Crippen LogP contribution is -2.26. The number of nitrogens with zero attached hydrogens (tertiary/aromatic N) is 1. The highest BCUT2D eigenvalue weighted by Gasteiger charge is 2.21. The lowest BCUT2D eigenvalue weighted by atomic mass is 10.2. The van der Waals surface area contributed by atoms with Crippen molar-refractivity contribution < 1.29 is 8.42 Å². The van der Waals surface area contributed by atoms with Crippen LogP contribution in [0.5, 0.6) is 0 Å². The van der Waals surface area contributed by atoms with E-state index in [-0.39, 0.29) is 4.90 Å². The van der Waals surface area contributed by atoms with Gasteiger partial charge in [-0.15, -0.1) is 0 Å². The van der Waals surface area contributed by atoms with Crippen molar-refractivity contribution in [2.75, 3.05) is 6.54 Å². The van der Waals surface area contributed by atoms with Crippen molar-refractivity contribution in [3.8, 4) is 0 Å². The van der Waals surface area contributed by atoms with Crippen molar-refractivity contribution >= 4 is 10.0 Å². The molecule has 0 saturated carbocycles. The molecule has 1 aromatic carbocycles. The molecule has 5 nitrogen and oxygen atoms in total. The van der Waals surface area contributed by atoms with Crippen molar-refractivity contribution in [3.05, 3.63) is 47.3 Å². The summed E-state index contributed by atoms with van der Waals surface area (Å²) >= 11 is 0. The largest absolute Gasteiger partial charge is 0.281 e. The normalized spacial score (nSPS) is 11.7. The molecule has 0 saturated heterocycles. The number of hydrogen-bond donors (Lipinski definition) is 2. The Labute approximate surface area is 113 Å². The van der Waals surface area contributed by atoms with Crippen LogP contribution in [0, 0.1) is 13.8 Å². The van der Waals surface area contributed by atoms with Gasteiger partial charge in [0.2, 0.25) is 10.0 Å². The van der Waals surface area contributed by atoms with E-state index in [9.17, 15) is 8.42 Å². The maximum atomic E-state index is 12.2. The van der Waals surface area contributed by atoms with Gasteiger partial charge in [-0.25, -0.2) is 13.1 Å². The predicted molar refractivity (Wildman–Crippen MR) is 73.4 cm³/mol. The van der Waals surface area contributed by atoms with E-state index < -0.39 is 10.0 Å². The number of hydrogen-bond acceptors (Lipinski definition) is 3. The number of aromatic amines is 1. The molecule has 0 aliphatic heterocycles. The summed E-state index contributed by atoms with van der Waals surface area (Å²) in [6, 6.07) is 9.76. The third kappa shape index (κ3) is 3.21. The molecule has 0 bridgehead atoms. The standard InChI is InChI=1S/C13H17N3O2S/c1-10-13(11(2)16-15-10)19(17,18)14-9-8-12-6-4-3-5-7-12/h3-7,14H,8-9H2,1-2H3,(H,15,16). The number of benzene rings is 1. The van der Waals surface area contributed by atoms with Gasteiger partial charge in [0, 0.05) is 6.54 Å². The van der Waals surface area contributed by atoms with Gasteiger partial charge in [-0.1, -0.05) is 30.3 Å². The maximum Gasteiger partial charge on any atom is 0.244 e. The first-order valence-corrected chi connectivity index (χ1v) is 7.54. The Balaban J connectivity index is 2.03. The highest BCUT2D eigenvalue weighted by Crippen LogP contribution is 2.16. The van der Waals surface area contributed by atoms with Crippen molar-refractivity contribution in [1.29, 1.82) is 0 Å². The lowest BCUT2D eigenvalue weighted by molar-refractivity contribution is 0.580. The Kier molecular flexibility index (Phi) is 4.01. The first-order chi connectivity index (χ1) is 9.00. The van der Waals surface area contributed by atoms with E-state index in [0.717, 1.165) is 5.56 Å². The average Bonchev–Trinajstić information content (AvgIpc) is 2.70. The number of H-pyrrole nitrogens is 1. The van der Waals surface area contributed by atoms with Crippen LogP contribution in [0.3, 0.4) is 0 Å². The van der Waals surface area contributed by atoms with Crippen LogP contribution in [-0.4, -0.2) is 25.2 Å². The van der Waals surface area contributed by atoms with E-state index >= 15 is 0 Å². The van der Waals surface area contributed by atoms with E-state index in [4.69, 9.17) is 0 Å². The predicted octanol–water partition coefficient (Wildman–Crippen LogP) is 1.55. The van der Waals surface area contributed by atoms with Gasteiger partial charge in [0.1, 0.15) is 4.90 Å². The zero-order valence-electron chi connectivity index (χ0n) is 11.0. The summed E-state index contributed by atoms with van der Waals surface area (Å²) in [7, 11) is -3.49. The molecule has 0 spiro atoms. The second-order valence-electron chi connectivity index (χ2n) is 4.40. The molecule has 1 aromatic heterocycles. The Bertz CT molecular complexity index is 628. The summed E-state index contributed by atoms with van der Waals surface area (Å²) in [5.41, 5.74) is 2.15. The molecule has 19 heavy (non-hydrogen) atoms. The van der Waals surface area contributed by atoms with Gasteiger partial charge in [0.15, 0.2) is 0 Å². The van der Waals surface area contributed by atoms with Crippen LogP contribution in [0.2, 0.25) is 0 Å². The number of rotatable bonds is 5. The molecule has 2 N–H and O–H groups in total. The van der Waals surface area contributed by atoms with Crippen molar-refractivity contribution in [1.82, 2.24) is 14.9 Å². The topological polar surface area (TPSA) is 74.8 Å². The molecule has 1 heterocycles. The monoisotopic (exact) mass is 279 g/mol. The number of sulfonamides is 1. The summed E-state index contributed by atoms with van der Waals surface area (Å²) in [6.45, 7) is 3.75. The number of nitrogens with one attached hydrogen (secondary N) is 2. The van der Waals surface area contributed by atoms with Crippen LogP contribution < -0.4 is 4.72 Å². The van der Waals surface area contributed by atoms with Gasteiger partial charge in [0.05, 0.1) is 11.4 Å². The van der Waals surface area contributed by atoms with Gasteiger partial charge >= 0.3 is 0 Å². The average molecular weight is 279 g/mol. The van der Waals surface area contributed by atoms with Crippen LogP contribution >= 0.6 is 0 Å². The number of aromatic nitrogens is 2. The minimum atomic E-state index is -3.49. The molecular weight excluding hydrogens is 262 g/mol. The van der Waals surface area contributed by atoms with Gasteiger partial charge in [-0.2, -0.15) is 5.10 Å². The van der Waals surface area contributed by atoms with E-state index in [1.807, 2.05) is 30.3 Å². The van der Waals surface area contributed by atoms with E-state index in [1.54, 1.807) is 13.8 Å². The highest BCUT2D eigenvalue weighted by atomic mass is 32.2. The minimum absolute atomic E-state index is 0.251. The summed E-state index contributed by atoms with van der Waals surface area (Å²) in [6.07, 6.45) is 0.663. The van der Waals surface area contributed by atoms with Crippen LogP contribution in [0.1, 0.15) is 17.0 Å². The molecule has 0 atom stereocenters. The summed E-state index contributed by atoms with van der Waals surface area (Å²) in [5, 5.41) is 6.59. The molecule has 0 radical (unpaired) electrons. The quantitative estimate of drug-likeness (QED) is 0.872. The molecule has 0 unspecified atom stereocenters. The van der Waals surface area contributed by atoms with Gasteiger partial charge < -0.3 is 0 Å².